The van der Waals surface area contributed by atoms with E-state index in [4.69, 9.17) is 0 Å². The molecular formula is C13H25N. The van der Waals surface area contributed by atoms with Crippen LogP contribution in [0, 0.1) is 17.3 Å². The van der Waals surface area contributed by atoms with Crippen molar-refractivity contribution in [3.8, 4) is 0 Å². The van der Waals surface area contributed by atoms with E-state index in [0.29, 0.717) is 5.41 Å². The fraction of sp³-hybridized carbons (Fsp3) is 1.00. The van der Waals surface area contributed by atoms with Crippen molar-refractivity contribution in [2.24, 2.45) is 17.3 Å². The highest BCUT2D eigenvalue weighted by Crippen LogP contribution is 2.51. The molecule has 0 spiro atoms. The lowest BCUT2D eigenvalue weighted by Crippen LogP contribution is -2.34. The van der Waals surface area contributed by atoms with Crippen LogP contribution in [0.25, 0.3) is 0 Å². The maximum absolute atomic E-state index is 3.74. The first kappa shape index (κ1) is 10.5. The minimum Gasteiger partial charge on any atom is -0.314 e. The van der Waals surface area contributed by atoms with Crippen LogP contribution in [0.3, 0.4) is 0 Å². The molecule has 82 valence electrons. The molecule has 2 fully saturated rings. The second kappa shape index (κ2) is 3.84. The van der Waals surface area contributed by atoms with Crippen LogP contribution in [0.15, 0.2) is 0 Å². The van der Waals surface area contributed by atoms with E-state index in [1.54, 1.807) is 0 Å². The molecule has 0 saturated heterocycles. The fourth-order valence-electron chi connectivity index (χ4n) is 2.88. The maximum atomic E-state index is 3.74. The van der Waals surface area contributed by atoms with Gasteiger partial charge in [-0.15, -0.1) is 0 Å². The van der Waals surface area contributed by atoms with Crippen LogP contribution in [0.4, 0.5) is 0 Å². The summed E-state index contributed by atoms with van der Waals surface area (Å²) >= 11 is 0. The Morgan fingerprint density at radius 2 is 1.86 bits per heavy atom. The summed E-state index contributed by atoms with van der Waals surface area (Å²) in [6.45, 7) is 8.41. The summed E-state index contributed by atoms with van der Waals surface area (Å²) in [6, 6.07) is 0.758. The van der Waals surface area contributed by atoms with E-state index in [2.05, 4.69) is 26.1 Å². The Kier molecular flexibility index (Phi) is 2.88. The second-order valence-electron chi connectivity index (χ2n) is 6.13. The second-order valence-corrected chi connectivity index (χ2v) is 6.13. The Balaban J connectivity index is 1.65. The van der Waals surface area contributed by atoms with Crippen LogP contribution in [-0.2, 0) is 0 Å². The molecule has 2 saturated carbocycles. The third-order valence-corrected chi connectivity index (χ3v) is 4.51. The average Bonchev–Trinajstić information content (AvgIpc) is 2.58. The van der Waals surface area contributed by atoms with Crippen molar-refractivity contribution in [1.29, 1.82) is 0 Å². The standard InChI is InChI=1S/C13H25N/c1-10(11-6-4-5-7-11)14-9-12-8-13(12,2)3/h10-12,14H,4-9H2,1-3H3. The van der Waals surface area contributed by atoms with Gasteiger partial charge in [0.15, 0.2) is 0 Å². The van der Waals surface area contributed by atoms with E-state index in [1.165, 1.54) is 38.6 Å². The molecule has 2 atom stereocenters. The molecule has 2 unspecified atom stereocenters. The summed E-state index contributed by atoms with van der Waals surface area (Å²) in [5.41, 5.74) is 0.641. The van der Waals surface area contributed by atoms with Crippen molar-refractivity contribution in [2.75, 3.05) is 6.54 Å². The first-order valence-corrected chi connectivity index (χ1v) is 6.33. The van der Waals surface area contributed by atoms with Gasteiger partial charge in [-0.3, -0.25) is 0 Å². The first-order valence-electron chi connectivity index (χ1n) is 6.33. The summed E-state index contributed by atoms with van der Waals surface area (Å²) in [7, 11) is 0. The minimum atomic E-state index is 0.641. The van der Waals surface area contributed by atoms with Gasteiger partial charge in [-0.2, -0.15) is 0 Å². The number of hydrogen-bond donors (Lipinski definition) is 1. The zero-order valence-corrected chi connectivity index (χ0v) is 9.97. The minimum absolute atomic E-state index is 0.641. The molecule has 1 N–H and O–H groups in total. The number of hydrogen-bond acceptors (Lipinski definition) is 1. The van der Waals surface area contributed by atoms with Gasteiger partial charge in [0.1, 0.15) is 0 Å². The van der Waals surface area contributed by atoms with Gasteiger partial charge in [0.2, 0.25) is 0 Å². The van der Waals surface area contributed by atoms with Gasteiger partial charge in [-0.25, -0.2) is 0 Å². The first-order chi connectivity index (χ1) is 6.59. The van der Waals surface area contributed by atoms with Gasteiger partial charge in [-0.1, -0.05) is 26.7 Å². The lowest BCUT2D eigenvalue weighted by atomic mass is 9.99. The van der Waals surface area contributed by atoms with Crippen molar-refractivity contribution in [3.05, 3.63) is 0 Å². The Labute approximate surface area is 88.7 Å². The van der Waals surface area contributed by atoms with Crippen LogP contribution in [-0.4, -0.2) is 12.6 Å². The van der Waals surface area contributed by atoms with Crippen molar-refractivity contribution >= 4 is 0 Å². The molecular weight excluding hydrogens is 170 g/mol. The van der Waals surface area contributed by atoms with Gasteiger partial charge < -0.3 is 5.32 Å². The molecule has 0 aromatic heterocycles. The molecule has 1 nitrogen and oxygen atoms in total. The number of nitrogens with one attached hydrogen (secondary N) is 1. The van der Waals surface area contributed by atoms with Crippen LogP contribution in [0.1, 0.15) is 52.9 Å². The fourth-order valence-corrected chi connectivity index (χ4v) is 2.88. The van der Waals surface area contributed by atoms with Gasteiger partial charge in [0.05, 0.1) is 0 Å². The topological polar surface area (TPSA) is 12.0 Å². The molecule has 1 heteroatoms. The molecule has 0 aromatic rings. The number of rotatable bonds is 4. The highest BCUT2D eigenvalue weighted by molar-refractivity contribution is 4.96. The molecule has 0 amide bonds. The monoisotopic (exact) mass is 195 g/mol. The highest BCUT2D eigenvalue weighted by atomic mass is 14.9. The molecule has 2 rings (SSSR count). The quantitative estimate of drug-likeness (QED) is 0.726. The molecule has 0 radical (unpaired) electrons. The molecule has 0 bridgehead atoms. The summed E-state index contributed by atoms with van der Waals surface area (Å²) in [4.78, 5) is 0. The van der Waals surface area contributed by atoms with E-state index < -0.39 is 0 Å². The SMILES string of the molecule is CC(NCC1CC1(C)C)C1CCCC1. The van der Waals surface area contributed by atoms with Crippen molar-refractivity contribution in [1.82, 2.24) is 5.32 Å². The van der Waals surface area contributed by atoms with Gasteiger partial charge in [-0.05, 0) is 50.0 Å². The van der Waals surface area contributed by atoms with Gasteiger partial charge >= 0.3 is 0 Å². The molecule has 0 aliphatic heterocycles. The predicted octanol–water partition coefficient (Wildman–Crippen LogP) is 3.20. The summed E-state index contributed by atoms with van der Waals surface area (Å²) in [6.07, 6.45) is 7.28. The smallest absolute Gasteiger partial charge is 0.00671 e. The van der Waals surface area contributed by atoms with Gasteiger partial charge in [0, 0.05) is 6.04 Å². The molecule has 0 aromatic carbocycles. The third-order valence-electron chi connectivity index (χ3n) is 4.51. The lowest BCUT2D eigenvalue weighted by molar-refractivity contribution is 0.367. The van der Waals surface area contributed by atoms with E-state index >= 15 is 0 Å². The third kappa shape index (κ3) is 2.31. The summed E-state index contributed by atoms with van der Waals surface area (Å²) in [5, 5.41) is 3.74. The van der Waals surface area contributed by atoms with Crippen LogP contribution in [0.5, 0.6) is 0 Å². The molecule has 0 heterocycles. The lowest BCUT2D eigenvalue weighted by Gasteiger charge is -2.20. The highest BCUT2D eigenvalue weighted by Gasteiger charge is 2.45. The summed E-state index contributed by atoms with van der Waals surface area (Å²) in [5.74, 6) is 1.92. The Bertz CT molecular complexity index is 191. The molecule has 14 heavy (non-hydrogen) atoms. The van der Waals surface area contributed by atoms with Crippen molar-refractivity contribution < 1.29 is 0 Å². The molecule has 2 aliphatic carbocycles. The summed E-state index contributed by atoms with van der Waals surface area (Å²) < 4.78 is 0. The molecule has 2 aliphatic rings. The Hall–Kier alpha value is -0.0400. The van der Waals surface area contributed by atoms with E-state index in [9.17, 15) is 0 Å². The Morgan fingerprint density at radius 3 is 2.36 bits per heavy atom. The van der Waals surface area contributed by atoms with Crippen LogP contribution in [0.2, 0.25) is 0 Å². The maximum Gasteiger partial charge on any atom is 0.00671 e. The Morgan fingerprint density at radius 1 is 1.29 bits per heavy atom. The largest absolute Gasteiger partial charge is 0.314 e. The predicted molar refractivity (Wildman–Crippen MR) is 61.3 cm³/mol. The normalized spacial score (nSPS) is 33.2. The van der Waals surface area contributed by atoms with Gasteiger partial charge in [0.25, 0.3) is 0 Å². The van der Waals surface area contributed by atoms with Crippen LogP contribution < -0.4 is 5.32 Å². The van der Waals surface area contributed by atoms with E-state index in [0.717, 1.165) is 17.9 Å². The van der Waals surface area contributed by atoms with Crippen LogP contribution >= 0.6 is 0 Å². The zero-order chi connectivity index (χ0) is 10.2. The average molecular weight is 195 g/mol. The van der Waals surface area contributed by atoms with Crippen molar-refractivity contribution in [2.45, 2.75) is 58.9 Å². The zero-order valence-electron chi connectivity index (χ0n) is 9.97. The van der Waals surface area contributed by atoms with E-state index in [-0.39, 0.29) is 0 Å². The van der Waals surface area contributed by atoms with Crippen molar-refractivity contribution in [3.63, 3.8) is 0 Å². The van der Waals surface area contributed by atoms with E-state index in [1.807, 2.05) is 0 Å².